The van der Waals surface area contributed by atoms with Crippen LogP contribution in [0.5, 0.6) is 0 Å². The zero-order valence-electron chi connectivity index (χ0n) is 12.0. The molecule has 2 aromatic heterocycles. The van der Waals surface area contributed by atoms with Crippen molar-refractivity contribution in [2.75, 3.05) is 0 Å². The Morgan fingerprint density at radius 2 is 2.10 bits per heavy atom. The summed E-state index contributed by atoms with van der Waals surface area (Å²) in [4.78, 5) is 18.5. The van der Waals surface area contributed by atoms with Gasteiger partial charge in [0.2, 0.25) is 0 Å². The fourth-order valence-corrected chi connectivity index (χ4v) is 4.69. The lowest BCUT2D eigenvalue weighted by Crippen LogP contribution is -2.25. The Balaban J connectivity index is 2.18. The van der Waals surface area contributed by atoms with E-state index in [0.717, 1.165) is 42.4 Å². The molecule has 0 spiro atoms. The zero-order chi connectivity index (χ0) is 14.3. The number of aromatic amines is 1. The molecule has 0 unspecified atom stereocenters. The van der Waals surface area contributed by atoms with Gasteiger partial charge in [0.25, 0.3) is 5.56 Å². The fourth-order valence-electron chi connectivity index (χ4n) is 3.08. The molecule has 1 aliphatic rings. The Kier molecular flexibility index (Phi) is 3.82. The van der Waals surface area contributed by atoms with Crippen molar-refractivity contribution in [2.24, 2.45) is 5.92 Å². The van der Waals surface area contributed by atoms with Crippen molar-refractivity contribution in [1.29, 1.82) is 0 Å². The predicted octanol–water partition coefficient (Wildman–Crippen LogP) is 4.05. The molecule has 0 amide bonds. The van der Waals surface area contributed by atoms with Crippen LogP contribution in [-0.2, 0) is 19.4 Å². The molecule has 1 aliphatic carbocycles. The quantitative estimate of drug-likeness (QED) is 0.865. The van der Waals surface area contributed by atoms with Crippen molar-refractivity contribution < 1.29 is 0 Å². The van der Waals surface area contributed by atoms with Crippen molar-refractivity contribution >= 4 is 33.8 Å². The second kappa shape index (κ2) is 5.45. The Morgan fingerprint density at radius 1 is 1.35 bits per heavy atom. The molecular weight excluding hydrogens is 288 g/mol. The molecule has 0 aliphatic heterocycles. The fraction of sp³-hybridized carbons (Fsp3) is 0.600. The van der Waals surface area contributed by atoms with E-state index in [1.165, 1.54) is 16.9 Å². The lowest BCUT2D eigenvalue weighted by molar-refractivity contribution is 0.408. The number of aromatic nitrogens is 2. The summed E-state index contributed by atoms with van der Waals surface area (Å²) in [5.41, 5.74) is 1.40. The van der Waals surface area contributed by atoms with E-state index in [1.807, 2.05) is 0 Å². The van der Waals surface area contributed by atoms with E-state index in [1.54, 1.807) is 15.9 Å². The van der Waals surface area contributed by atoms with Crippen LogP contribution in [0.25, 0.3) is 10.2 Å². The number of aryl methyl sites for hydroxylation is 2. The lowest BCUT2D eigenvalue weighted by Gasteiger charge is -2.14. The van der Waals surface area contributed by atoms with E-state index in [4.69, 9.17) is 12.2 Å². The maximum absolute atomic E-state index is 12.8. The van der Waals surface area contributed by atoms with Gasteiger partial charge in [-0.1, -0.05) is 26.7 Å². The van der Waals surface area contributed by atoms with Gasteiger partial charge in [0.1, 0.15) is 4.83 Å². The predicted molar refractivity (Wildman–Crippen MR) is 87.4 cm³/mol. The molecule has 0 atom stereocenters. The SMILES string of the molecule is CCC(CC)Cn1c(=S)[nH]c2sc3c(c2c1=O)CCC3. The summed E-state index contributed by atoms with van der Waals surface area (Å²) in [5, 5.41) is 0.905. The first-order valence-electron chi connectivity index (χ1n) is 7.43. The molecule has 20 heavy (non-hydrogen) atoms. The van der Waals surface area contributed by atoms with Crippen LogP contribution in [-0.4, -0.2) is 9.55 Å². The standard InChI is InChI=1S/C15H20N2OS2/c1-3-9(4-2)8-17-14(18)12-10-6-5-7-11(10)20-13(12)16-15(17)19/h9H,3-8H2,1-2H3,(H,16,19). The molecule has 5 heteroatoms. The van der Waals surface area contributed by atoms with Crippen LogP contribution >= 0.6 is 23.6 Å². The van der Waals surface area contributed by atoms with Crippen LogP contribution in [0.3, 0.4) is 0 Å². The van der Waals surface area contributed by atoms with Gasteiger partial charge in [-0.3, -0.25) is 9.36 Å². The summed E-state index contributed by atoms with van der Waals surface area (Å²) < 4.78 is 2.36. The van der Waals surface area contributed by atoms with E-state index in [9.17, 15) is 4.79 Å². The molecule has 0 bridgehead atoms. The van der Waals surface area contributed by atoms with Crippen molar-refractivity contribution in [2.45, 2.75) is 52.5 Å². The number of rotatable bonds is 4. The van der Waals surface area contributed by atoms with Crippen molar-refractivity contribution in [3.63, 3.8) is 0 Å². The van der Waals surface area contributed by atoms with Gasteiger partial charge >= 0.3 is 0 Å². The van der Waals surface area contributed by atoms with Gasteiger partial charge in [-0.05, 0) is 43.0 Å². The molecular formula is C15H20N2OS2. The minimum absolute atomic E-state index is 0.120. The third-order valence-corrected chi connectivity index (χ3v) is 5.97. The first kappa shape index (κ1) is 14.0. The summed E-state index contributed by atoms with van der Waals surface area (Å²) in [6, 6.07) is 0. The number of thiophene rings is 1. The molecule has 0 saturated heterocycles. The van der Waals surface area contributed by atoms with Crippen LogP contribution in [0, 0.1) is 10.7 Å². The largest absolute Gasteiger partial charge is 0.323 e. The van der Waals surface area contributed by atoms with Gasteiger partial charge in [0, 0.05) is 11.4 Å². The van der Waals surface area contributed by atoms with Gasteiger partial charge in [0.05, 0.1) is 5.39 Å². The smallest absolute Gasteiger partial charge is 0.263 e. The molecule has 3 nitrogen and oxygen atoms in total. The Morgan fingerprint density at radius 3 is 2.80 bits per heavy atom. The minimum Gasteiger partial charge on any atom is -0.323 e. The molecule has 2 heterocycles. The maximum atomic E-state index is 12.8. The van der Waals surface area contributed by atoms with E-state index in [0.29, 0.717) is 10.7 Å². The molecule has 0 aromatic carbocycles. The number of nitrogens with one attached hydrogen (secondary N) is 1. The van der Waals surface area contributed by atoms with Crippen molar-refractivity contribution in [1.82, 2.24) is 9.55 Å². The van der Waals surface area contributed by atoms with E-state index >= 15 is 0 Å². The topological polar surface area (TPSA) is 37.8 Å². The Hall–Kier alpha value is -0.940. The molecule has 0 radical (unpaired) electrons. The molecule has 0 fully saturated rings. The average molecular weight is 308 g/mol. The number of H-pyrrole nitrogens is 1. The van der Waals surface area contributed by atoms with Crippen LogP contribution in [0.2, 0.25) is 0 Å². The second-order valence-electron chi connectivity index (χ2n) is 5.59. The van der Waals surface area contributed by atoms with Crippen LogP contribution in [0.4, 0.5) is 0 Å². The zero-order valence-corrected chi connectivity index (χ0v) is 13.6. The third kappa shape index (κ3) is 2.17. The second-order valence-corrected chi connectivity index (χ2v) is 7.08. The number of fused-ring (bicyclic) bond motifs is 3. The third-order valence-electron chi connectivity index (χ3n) is 4.44. The van der Waals surface area contributed by atoms with Crippen LogP contribution < -0.4 is 5.56 Å². The normalized spacial score (nSPS) is 14.3. The highest BCUT2D eigenvalue weighted by Crippen LogP contribution is 2.34. The summed E-state index contributed by atoms with van der Waals surface area (Å²) in [6.07, 6.45) is 5.50. The molecule has 108 valence electrons. The number of nitrogens with zero attached hydrogens (tertiary/aromatic N) is 1. The number of hydrogen-bond acceptors (Lipinski definition) is 3. The molecule has 2 aromatic rings. The Labute approximate surface area is 127 Å². The highest BCUT2D eigenvalue weighted by Gasteiger charge is 2.21. The molecule has 0 saturated carbocycles. The first-order valence-corrected chi connectivity index (χ1v) is 8.65. The van der Waals surface area contributed by atoms with Gasteiger partial charge in [-0.2, -0.15) is 0 Å². The molecule has 1 N–H and O–H groups in total. The molecule has 3 rings (SSSR count). The lowest BCUT2D eigenvalue weighted by atomic mass is 10.0. The van der Waals surface area contributed by atoms with E-state index in [2.05, 4.69) is 18.8 Å². The first-order chi connectivity index (χ1) is 9.65. The summed E-state index contributed by atoms with van der Waals surface area (Å²) >= 11 is 7.12. The highest BCUT2D eigenvalue weighted by atomic mass is 32.1. The summed E-state index contributed by atoms with van der Waals surface area (Å²) in [5.74, 6) is 0.520. The van der Waals surface area contributed by atoms with Crippen LogP contribution in [0.15, 0.2) is 4.79 Å². The Bertz CT molecular complexity index is 750. The van der Waals surface area contributed by atoms with Crippen molar-refractivity contribution in [3.05, 3.63) is 25.6 Å². The van der Waals surface area contributed by atoms with Gasteiger partial charge < -0.3 is 4.98 Å². The van der Waals surface area contributed by atoms with Gasteiger partial charge in [-0.25, -0.2) is 0 Å². The minimum atomic E-state index is 0.120. The average Bonchev–Trinajstić information content (AvgIpc) is 2.98. The van der Waals surface area contributed by atoms with Gasteiger partial charge in [-0.15, -0.1) is 11.3 Å². The number of hydrogen-bond donors (Lipinski definition) is 1. The van der Waals surface area contributed by atoms with Crippen molar-refractivity contribution in [3.8, 4) is 0 Å². The van der Waals surface area contributed by atoms with Crippen LogP contribution in [0.1, 0.15) is 43.6 Å². The monoisotopic (exact) mass is 308 g/mol. The summed E-state index contributed by atoms with van der Waals surface area (Å²) in [6.45, 7) is 5.08. The van der Waals surface area contributed by atoms with E-state index < -0.39 is 0 Å². The maximum Gasteiger partial charge on any atom is 0.263 e. The van der Waals surface area contributed by atoms with Gasteiger partial charge in [0.15, 0.2) is 4.77 Å². The summed E-state index contributed by atoms with van der Waals surface area (Å²) in [7, 11) is 0. The highest BCUT2D eigenvalue weighted by molar-refractivity contribution is 7.71. The van der Waals surface area contributed by atoms with E-state index in [-0.39, 0.29) is 5.56 Å².